The SMILES string of the molecule is COCCOCCOC(=O)N[C@@H](CC1CC1)C(=O)N[C@@H](C[C@@H]1CCNC1=O)C(=O)OC. The van der Waals surface area contributed by atoms with E-state index in [2.05, 4.69) is 16.0 Å². The van der Waals surface area contributed by atoms with Gasteiger partial charge in [-0.2, -0.15) is 0 Å². The molecule has 0 radical (unpaired) electrons. The Balaban J connectivity index is 1.86. The minimum Gasteiger partial charge on any atom is -0.467 e. The van der Waals surface area contributed by atoms with Crippen molar-refractivity contribution in [1.82, 2.24) is 16.0 Å². The van der Waals surface area contributed by atoms with E-state index >= 15 is 0 Å². The van der Waals surface area contributed by atoms with Gasteiger partial charge in [-0.25, -0.2) is 9.59 Å². The summed E-state index contributed by atoms with van der Waals surface area (Å²) in [6.45, 7) is 1.62. The van der Waals surface area contributed by atoms with Crippen LogP contribution in [0.1, 0.15) is 32.1 Å². The van der Waals surface area contributed by atoms with Crippen molar-refractivity contribution in [3.05, 3.63) is 0 Å². The molecule has 1 aliphatic carbocycles. The summed E-state index contributed by atoms with van der Waals surface area (Å²) in [5.74, 6) is -1.32. The molecule has 0 aromatic rings. The lowest BCUT2D eigenvalue weighted by molar-refractivity contribution is -0.146. The third-order valence-electron chi connectivity index (χ3n) is 5.25. The molecule has 1 heterocycles. The lowest BCUT2D eigenvalue weighted by Crippen LogP contribution is -2.52. The number of nitrogens with one attached hydrogen (secondary N) is 3. The highest BCUT2D eigenvalue weighted by molar-refractivity contribution is 5.90. The number of methoxy groups -OCH3 is 2. The van der Waals surface area contributed by atoms with Gasteiger partial charge in [0.25, 0.3) is 0 Å². The van der Waals surface area contributed by atoms with Crippen LogP contribution in [0.25, 0.3) is 0 Å². The van der Waals surface area contributed by atoms with Crippen molar-refractivity contribution in [3.8, 4) is 0 Å². The van der Waals surface area contributed by atoms with Crippen LogP contribution >= 0.6 is 0 Å². The zero-order valence-electron chi connectivity index (χ0n) is 18.1. The first-order valence-corrected chi connectivity index (χ1v) is 10.6. The molecule has 2 aliphatic rings. The lowest BCUT2D eigenvalue weighted by atomic mass is 9.98. The van der Waals surface area contributed by atoms with Gasteiger partial charge >= 0.3 is 12.1 Å². The minimum atomic E-state index is -0.972. The number of esters is 1. The third-order valence-corrected chi connectivity index (χ3v) is 5.25. The van der Waals surface area contributed by atoms with Crippen LogP contribution in [-0.2, 0) is 33.3 Å². The van der Waals surface area contributed by atoms with E-state index in [1.54, 1.807) is 7.11 Å². The van der Waals surface area contributed by atoms with E-state index in [1.165, 1.54) is 7.11 Å². The first-order chi connectivity index (χ1) is 14.9. The van der Waals surface area contributed by atoms with E-state index in [4.69, 9.17) is 18.9 Å². The maximum atomic E-state index is 12.8. The van der Waals surface area contributed by atoms with Gasteiger partial charge in [0, 0.05) is 19.6 Å². The van der Waals surface area contributed by atoms with Crippen LogP contribution in [0.2, 0.25) is 0 Å². The molecular weight excluding hydrogens is 410 g/mol. The predicted molar refractivity (Wildman–Crippen MR) is 108 cm³/mol. The van der Waals surface area contributed by atoms with Crippen LogP contribution in [0.15, 0.2) is 0 Å². The van der Waals surface area contributed by atoms with Crippen LogP contribution in [0.5, 0.6) is 0 Å². The van der Waals surface area contributed by atoms with Gasteiger partial charge < -0.3 is 34.9 Å². The molecule has 1 saturated carbocycles. The fourth-order valence-electron chi connectivity index (χ4n) is 3.32. The third kappa shape index (κ3) is 9.09. The number of ether oxygens (including phenoxy) is 4. The van der Waals surface area contributed by atoms with Crippen molar-refractivity contribution in [2.45, 2.75) is 44.2 Å². The maximum absolute atomic E-state index is 12.8. The average molecular weight is 443 g/mol. The zero-order valence-corrected chi connectivity index (χ0v) is 18.1. The second-order valence-electron chi connectivity index (χ2n) is 7.71. The molecule has 11 nitrogen and oxygen atoms in total. The van der Waals surface area contributed by atoms with E-state index in [0.717, 1.165) is 12.8 Å². The fourth-order valence-corrected chi connectivity index (χ4v) is 3.32. The van der Waals surface area contributed by atoms with Gasteiger partial charge in [0.2, 0.25) is 11.8 Å². The van der Waals surface area contributed by atoms with Gasteiger partial charge in [0.05, 0.1) is 26.9 Å². The summed E-state index contributed by atoms with van der Waals surface area (Å²) in [7, 11) is 2.79. The molecule has 1 saturated heterocycles. The summed E-state index contributed by atoms with van der Waals surface area (Å²) in [5.41, 5.74) is 0. The molecule has 2 fully saturated rings. The van der Waals surface area contributed by atoms with Crippen LogP contribution < -0.4 is 16.0 Å². The van der Waals surface area contributed by atoms with Crippen molar-refractivity contribution >= 4 is 23.9 Å². The Hall–Kier alpha value is -2.40. The lowest BCUT2D eigenvalue weighted by Gasteiger charge is -2.23. The molecule has 0 aromatic heterocycles. The number of hydrogen-bond acceptors (Lipinski definition) is 8. The smallest absolute Gasteiger partial charge is 0.407 e. The molecule has 0 aromatic carbocycles. The highest BCUT2D eigenvalue weighted by Crippen LogP contribution is 2.33. The Morgan fingerprint density at radius 1 is 1.00 bits per heavy atom. The highest BCUT2D eigenvalue weighted by atomic mass is 16.6. The second kappa shape index (κ2) is 13.1. The minimum absolute atomic E-state index is 0.0366. The Bertz CT molecular complexity index is 626. The van der Waals surface area contributed by atoms with Crippen molar-refractivity contribution in [2.75, 3.05) is 47.2 Å². The molecule has 176 valence electrons. The summed E-state index contributed by atoms with van der Waals surface area (Å²) in [5, 5.41) is 7.92. The Morgan fingerprint density at radius 2 is 1.74 bits per heavy atom. The predicted octanol–water partition coefficient (Wildman–Crippen LogP) is -0.272. The number of carbonyl (C=O) groups excluding carboxylic acids is 4. The van der Waals surface area contributed by atoms with Crippen molar-refractivity contribution in [3.63, 3.8) is 0 Å². The molecule has 0 spiro atoms. The second-order valence-corrected chi connectivity index (χ2v) is 7.71. The van der Waals surface area contributed by atoms with Gasteiger partial charge in [0.15, 0.2) is 0 Å². The molecule has 3 atom stereocenters. The van der Waals surface area contributed by atoms with Gasteiger partial charge in [-0.05, 0) is 25.2 Å². The molecule has 1 aliphatic heterocycles. The number of hydrogen-bond donors (Lipinski definition) is 3. The molecule has 3 amide bonds. The zero-order chi connectivity index (χ0) is 22.6. The largest absolute Gasteiger partial charge is 0.467 e. The van der Waals surface area contributed by atoms with Gasteiger partial charge in [0.1, 0.15) is 18.7 Å². The van der Waals surface area contributed by atoms with E-state index in [-0.39, 0.29) is 31.5 Å². The van der Waals surface area contributed by atoms with E-state index in [9.17, 15) is 19.2 Å². The topological polar surface area (TPSA) is 141 Å². The quantitative estimate of drug-likeness (QED) is 0.246. The molecule has 0 bridgehead atoms. The van der Waals surface area contributed by atoms with Crippen molar-refractivity contribution in [1.29, 1.82) is 0 Å². The summed E-state index contributed by atoms with van der Waals surface area (Å²) in [6, 6.07) is -1.82. The Kier molecular flexibility index (Phi) is 10.5. The van der Waals surface area contributed by atoms with E-state index in [1.807, 2.05) is 0 Å². The summed E-state index contributed by atoms with van der Waals surface area (Å²) in [6.07, 6.45) is 2.41. The van der Waals surface area contributed by atoms with Crippen LogP contribution in [-0.4, -0.2) is 83.2 Å². The van der Waals surface area contributed by atoms with Crippen molar-refractivity contribution < 1.29 is 38.1 Å². The Labute approximate surface area is 181 Å². The average Bonchev–Trinajstić information content (AvgIpc) is 3.48. The molecule has 3 N–H and O–H groups in total. The van der Waals surface area contributed by atoms with Gasteiger partial charge in [-0.15, -0.1) is 0 Å². The normalized spacial score (nSPS) is 19.8. The molecule has 31 heavy (non-hydrogen) atoms. The number of alkyl carbamates (subject to hydrolysis) is 1. The number of rotatable bonds is 14. The number of amides is 3. The Morgan fingerprint density at radius 3 is 2.35 bits per heavy atom. The molecule has 2 rings (SSSR count). The molecular formula is C20H33N3O8. The first-order valence-electron chi connectivity index (χ1n) is 10.6. The molecule has 0 unspecified atom stereocenters. The van der Waals surface area contributed by atoms with E-state index < -0.39 is 30.1 Å². The van der Waals surface area contributed by atoms with E-state index in [0.29, 0.717) is 38.5 Å². The number of carbonyl (C=O) groups is 4. The monoisotopic (exact) mass is 443 g/mol. The van der Waals surface area contributed by atoms with Crippen molar-refractivity contribution in [2.24, 2.45) is 11.8 Å². The van der Waals surface area contributed by atoms with Gasteiger partial charge in [-0.1, -0.05) is 12.8 Å². The highest BCUT2D eigenvalue weighted by Gasteiger charge is 2.35. The first kappa shape index (κ1) is 24.9. The fraction of sp³-hybridized carbons (Fsp3) is 0.800. The van der Waals surface area contributed by atoms with Gasteiger partial charge in [-0.3, -0.25) is 9.59 Å². The maximum Gasteiger partial charge on any atom is 0.407 e. The van der Waals surface area contributed by atoms with Crippen LogP contribution in [0, 0.1) is 11.8 Å². The summed E-state index contributed by atoms with van der Waals surface area (Å²) < 4.78 is 19.9. The summed E-state index contributed by atoms with van der Waals surface area (Å²) >= 11 is 0. The standard InChI is InChI=1S/C20H33N3O8/c1-28-7-8-30-9-10-31-20(27)23-15(11-13-3-4-13)18(25)22-16(19(26)29-2)12-14-5-6-21-17(14)24/h13-16H,3-12H2,1-2H3,(H,21,24)(H,22,25)(H,23,27)/t14-,15-,16-/m0/s1. The molecule has 11 heteroatoms. The van der Waals surface area contributed by atoms with Crippen LogP contribution in [0.4, 0.5) is 4.79 Å². The summed E-state index contributed by atoms with van der Waals surface area (Å²) in [4.78, 5) is 49.0. The van der Waals surface area contributed by atoms with Crippen LogP contribution in [0.3, 0.4) is 0 Å².